The lowest BCUT2D eigenvalue weighted by atomic mass is 10.2. The Labute approximate surface area is 166 Å². The lowest BCUT2D eigenvalue weighted by molar-refractivity contribution is 0.576. The molecule has 3 aromatic rings. The van der Waals surface area contributed by atoms with Crippen molar-refractivity contribution in [3.05, 3.63) is 56.3 Å². The minimum Gasteiger partial charge on any atom is -0.284 e. The van der Waals surface area contributed by atoms with E-state index in [1.807, 2.05) is 4.68 Å². The number of fused-ring (bicyclic) bond motifs is 1. The minimum absolute atomic E-state index is 0.0348. The molecule has 9 heteroatoms. The van der Waals surface area contributed by atoms with Gasteiger partial charge in [0.25, 0.3) is 15.6 Å². The molecule has 27 heavy (non-hydrogen) atoms. The highest BCUT2D eigenvalue weighted by Gasteiger charge is 2.24. The third kappa shape index (κ3) is 3.59. The molecule has 2 aromatic carbocycles. The van der Waals surface area contributed by atoms with E-state index >= 15 is 0 Å². The zero-order valence-electron chi connectivity index (χ0n) is 14.4. The summed E-state index contributed by atoms with van der Waals surface area (Å²) in [4.78, 5) is 12.2. The van der Waals surface area contributed by atoms with Gasteiger partial charge in [-0.1, -0.05) is 23.2 Å². The Morgan fingerprint density at radius 2 is 1.93 bits per heavy atom. The van der Waals surface area contributed by atoms with Crippen LogP contribution in [0.1, 0.15) is 18.4 Å². The van der Waals surface area contributed by atoms with Crippen LogP contribution < -0.4 is 10.3 Å². The topological polar surface area (TPSA) is 84.0 Å². The van der Waals surface area contributed by atoms with Crippen LogP contribution in [0.3, 0.4) is 0 Å². The fourth-order valence-corrected chi connectivity index (χ4v) is 4.89. The number of sulfonamides is 1. The molecule has 6 nitrogen and oxygen atoms in total. The zero-order chi connectivity index (χ0) is 19.3. The first kappa shape index (κ1) is 18.4. The summed E-state index contributed by atoms with van der Waals surface area (Å²) in [7, 11) is -3.93. The summed E-state index contributed by atoms with van der Waals surface area (Å²) >= 11 is 12.0. The molecule has 0 amide bonds. The Hall–Kier alpha value is -1.96. The number of anilines is 1. The second-order valence-corrected chi connectivity index (χ2v) is 9.33. The molecule has 1 aliphatic rings. The molecule has 0 saturated heterocycles. The molecule has 1 heterocycles. The zero-order valence-corrected chi connectivity index (χ0v) is 16.7. The number of rotatable bonds is 5. The van der Waals surface area contributed by atoms with Gasteiger partial charge < -0.3 is 0 Å². The number of hydrogen-bond acceptors (Lipinski definition) is 3. The molecule has 1 fully saturated rings. The minimum atomic E-state index is -3.93. The Bertz CT molecular complexity index is 1210. The fourth-order valence-electron chi connectivity index (χ4n) is 3.01. The number of halogens is 2. The molecule has 0 unspecified atom stereocenters. The third-order valence-electron chi connectivity index (χ3n) is 4.66. The van der Waals surface area contributed by atoms with Gasteiger partial charge in [0.2, 0.25) is 0 Å². The van der Waals surface area contributed by atoms with E-state index in [9.17, 15) is 13.2 Å². The first-order valence-corrected chi connectivity index (χ1v) is 10.7. The van der Waals surface area contributed by atoms with Gasteiger partial charge in [0.1, 0.15) is 4.90 Å². The van der Waals surface area contributed by atoms with Crippen molar-refractivity contribution in [1.82, 2.24) is 9.78 Å². The lowest BCUT2D eigenvalue weighted by Crippen LogP contribution is -2.14. The van der Waals surface area contributed by atoms with Crippen molar-refractivity contribution in [2.24, 2.45) is 5.92 Å². The van der Waals surface area contributed by atoms with Crippen molar-refractivity contribution in [3.63, 3.8) is 0 Å². The van der Waals surface area contributed by atoms with Crippen LogP contribution in [0.5, 0.6) is 0 Å². The van der Waals surface area contributed by atoms with Crippen LogP contribution in [0.2, 0.25) is 10.0 Å². The summed E-state index contributed by atoms with van der Waals surface area (Å²) < 4.78 is 29.8. The predicted octanol–water partition coefficient (Wildman–Crippen LogP) is 4.16. The number of hydrogen-bond donors (Lipinski definition) is 2. The molecular weight excluding hydrogens is 409 g/mol. The first-order chi connectivity index (χ1) is 12.7. The van der Waals surface area contributed by atoms with Crippen molar-refractivity contribution in [2.45, 2.75) is 31.2 Å². The second-order valence-electron chi connectivity index (χ2n) is 6.86. The van der Waals surface area contributed by atoms with Gasteiger partial charge >= 0.3 is 0 Å². The Balaban J connectivity index is 1.69. The largest absolute Gasteiger partial charge is 0.284 e. The average molecular weight is 426 g/mol. The molecule has 1 saturated carbocycles. The maximum absolute atomic E-state index is 12.7. The third-order valence-corrected chi connectivity index (χ3v) is 6.91. The molecule has 142 valence electrons. The SMILES string of the molecule is Cc1cc(S(=O)(=O)Nc2ccc3c(c2)c(=O)[nH]n3CC2CC2)c(Cl)cc1Cl. The Kier molecular flexibility index (Phi) is 4.49. The van der Waals surface area contributed by atoms with Crippen LogP contribution in [0.15, 0.2) is 40.0 Å². The highest BCUT2D eigenvalue weighted by molar-refractivity contribution is 7.92. The maximum Gasteiger partial charge on any atom is 0.272 e. The Morgan fingerprint density at radius 1 is 1.19 bits per heavy atom. The van der Waals surface area contributed by atoms with Gasteiger partial charge in [-0.3, -0.25) is 19.3 Å². The van der Waals surface area contributed by atoms with E-state index in [0.717, 1.165) is 12.1 Å². The number of nitrogens with zero attached hydrogens (tertiary/aromatic N) is 1. The van der Waals surface area contributed by atoms with Crippen molar-refractivity contribution in [2.75, 3.05) is 4.72 Å². The van der Waals surface area contributed by atoms with E-state index in [1.54, 1.807) is 19.1 Å². The smallest absolute Gasteiger partial charge is 0.272 e. The van der Waals surface area contributed by atoms with Crippen molar-refractivity contribution in [1.29, 1.82) is 0 Å². The van der Waals surface area contributed by atoms with Gasteiger partial charge in [-0.2, -0.15) is 0 Å². The highest BCUT2D eigenvalue weighted by Crippen LogP contribution is 2.32. The average Bonchev–Trinajstić information content (AvgIpc) is 3.35. The van der Waals surface area contributed by atoms with Gasteiger partial charge in [0.05, 0.1) is 15.9 Å². The summed E-state index contributed by atoms with van der Waals surface area (Å²) in [6.07, 6.45) is 2.34. The summed E-state index contributed by atoms with van der Waals surface area (Å²) in [5, 5.41) is 3.68. The van der Waals surface area contributed by atoms with Gasteiger partial charge in [-0.05, 0) is 61.6 Å². The number of aromatic nitrogens is 2. The van der Waals surface area contributed by atoms with Crippen LogP contribution in [0, 0.1) is 12.8 Å². The van der Waals surface area contributed by atoms with Crippen molar-refractivity contribution < 1.29 is 8.42 Å². The molecule has 0 atom stereocenters. The molecule has 0 aliphatic heterocycles. The van der Waals surface area contributed by atoms with E-state index in [4.69, 9.17) is 23.2 Å². The van der Waals surface area contributed by atoms with Crippen LogP contribution in [-0.4, -0.2) is 18.2 Å². The number of nitrogens with one attached hydrogen (secondary N) is 2. The van der Waals surface area contributed by atoms with E-state index in [0.29, 0.717) is 27.6 Å². The van der Waals surface area contributed by atoms with Crippen LogP contribution in [-0.2, 0) is 16.6 Å². The van der Waals surface area contributed by atoms with Crippen molar-refractivity contribution >= 4 is 49.8 Å². The van der Waals surface area contributed by atoms with E-state index in [-0.39, 0.29) is 15.5 Å². The summed E-state index contributed by atoms with van der Waals surface area (Å²) in [5.41, 5.74) is 1.41. The monoisotopic (exact) mass is 425 g/mol. The number of benzene rings is 2. The van der Waals surface area contributed by atoms with E-state index in [1.165, 1.54) is 31.0 Å². The van der Waals surface area contributed by atoms with Crippen LogP contribution in [0.25, 0.3) is 10.9 Å². The standard InChI is InChI=1S/C18H17Cl2N3O3S/c1-10-6-17(15(20)8-14(10)19)27(25,26)22-12-4-5-16-13(7-12)18(24)21-23(16)9-11-2-3-11/h4-8,11,22H,2-3,9H2,1H3,(H,21,24). The second kappa shape index (κ2) is 6.58. The van der Waals surface area contributed by atoms with E-state index in [2.05, 4.69) is 9.82 Å². The first-order valence-electron chi connectivity index (χ1n) is 8.45. The van der Waals surface area contributed by atoms with Gasteiger partial charge in [-0.15, -0.1) is 0 Å². The molecule has 0 radical (unpaired) electrons. The summed E-state index contributed by atoms with van der Waals surface area (Å²) in [5.74, 6) is 0.602. The van der Waals surface area contributed by atoms with Gasteiger partial charge in [0, 0.05) is 17.3 Å². The molecule has 0 bridgehead atoms. The number of H-pyrrole nitrogens is 1. The van der Waals surface area contributed by atoms with Crippen molar-refractivity contribution in [3.8, 4) is 0 Å². The molecule has 4 rings (SSSR count). The van der Waals surface area contributed by atoms with Crippen LogP contribution in [0.4, 0.5) is 5.69 Å². The molecule has 2 N–H and O–H groups in total. The molecule has 1 aliphatic carbocycles. The summed E-state index contributed by atoms with van der Waals surface area (Å²) in [6.45, 7) is 2.47. The summed E-state index contributed by atoms with van der Waals surface area (Å²) in [6, 6.07) is 7.73. The molecule has 1 aromatic heterocycles. The number of aromatic amines is 1. The van der Waals surface area contributed by atoms with Gasteiger partial charge in [-0.25, -0.2) is 8.42 Å². The van der Waals surface area contributed by atoms with Gasteiger partial charge in [0.15, 0.2) is 0 Å². The van der Waals surface area contributed by atoms with E-state index < -0.39 is 10.0 Å². The fraction of sp³-hybridized carbons (Fsp3) is 0.278. The predicted molar refractivity (Wildman–Crippen MR) is 107 cm³/mol. The highest BCUT2D eigenvalue weighted by atomic mass is 35.5. The maximum atomic E-state index is 12.7. The lowest BCUT2D eigenvalue weighted by Gasteiger charge is -2.11. The Morgan fingerprint density at radius 3 is 2.63 bits per heavy atom. The number of aryl methyl sites for hydroxylation is 1. The molecule has 0 spiro atoms. The molecular formula is C18H17Cl2N3O3S. The normalized spacial score (nSPS) is 14.6. The quantitative estimate of drug-likeness (QED) is 0.643. The van der Waals surface area contributed by atoms with Crippen LogP contribution >= 0.6 is 23.2 Å².